The van der Waals surface area contributed by atoms with Gasteiger partial charge in [0.25, 0.3) is 0 Å². The number of rotatable bonds is 3. The van der Waals surface area contributed by atoms with Crippen LogP contribution in [0.4, 0.5) is 0 Å². The topological polar surface area (TPSA) is 24.1 Å². The van der Waals surface area contributed by atoms with Gasteiger partial charge < -0.3 is 10.6 Å². The Balaban J connectivity index is 2.43. The Labute approximate surface area is 88.8 Å². The summed E-state index contributed by atoms with van der Waals surface area (Å²) in [6.45, 7) is 1.17. The molecule has 14 heavy (non-hydrogen) atoms. The van der Waals surface area contributed by atoms with Gasteiger partial charge in [-0.3, -0.25) is 0 Å². The van der Waals surface area contributed by atoms with Crippen LogP contribution in [-0.4, -0.2) is 26.7 Å². The molecule has 1 fully saturated rings. The summed E-state index contributed by atoms with van der Waals surface area (Å²) in [5, 5.41) is 6.82. The molecule has 2 unspecified atom stereocenters. The van der Waals surface area contributed by atoms with Gasteiger partial charge in [0.2, 0.25) is 0 Å². The molecule has 0 aliphatic heterocycles. The van der Waals surface area contributed by atoms with Gasteiger partial charge >= 0.3 is 0 Å². The third kappa shape index (κ3) is 3.97. The molecule has 0 amide bonds. The molecule has 0 saturated heterocycles. The van der Waals surface area contributed by atoms with Gasteiger partial charge in [0, 0.05) is 6.04 Å². The molecular formula is C12H26N2. The Morgan fingerprint density at radius 3 is 2.21 bits per heavy atom. The van der Waals surface area contributed by atoms with E-state index < -0.39 is 0 Å². The molecule has 2 N–H and O–H groups in total. The van der Waals surface area contributed by atoms with Crippen molar-refractivity contribution in [1.29, 1.82) is 0 Å². The zero-order chi connectivity index (χ0) is 10.2. The van der Waals surface area contributed by atoms with Crippen molar-refractivity contribution in [2.45, 2.75) is 51.0 Å². The van der Waals surface area contributed by atoms with E-state index in [4.69, 9.17) is 0 Å². The highest BCUT2D eigenvalue weighted by molar-refractivity contribution is 4.77. The first-order chi connectivity index (χ1) is 6.88. The Morgan fingerprint density at radius 2 is 1.57 bits per heavy atom. The Morgan fingerprint density at radius 1 is 0.929 bits per heavy atom. The van der Waals surface area contributed by atoms with E-state index in [1.165, 1.54) is 51.5 Å². The first-order valence-electron chi connectivity index (χ1n) is 6.20. The van der Waals surface area contributed by atoms with Crippen LogP contribution < -0.4 is 10.6 Å². The summed E-state index contributed by atoms with van der Waals surface area (Å²) >= 11 is 0. The Hall–Kier alpha value is -0.0800. The molecule has 0 spiro atoms. The van der Waals surface area contributed by atoms with Crippen LogP contribution in [0.3, 0.4) is 0 Å². The molecule has 0 heterocycles. The van der Waals surface area contributed by atoms with Crippen molar-refractivity contribution in [1.82, 2.24) is 10.6 Å². The van der Waals surface area contributed by atoms with Gasteiger partial charge in [0.05, 0.1) is 0 Å². The second-order valence-electron chi connectivity index (χ2n) is 4.56. The largest absolute Gasteiger partial charge is 0.319 e. The van der Waals surface area contributed by atoms with Gasteiger partial charge in [-0.15, -0.1) is 0 Å². The van der Waals surface area contributed by atoms with Crippen molar-refractivity contribution in [3.05, 3.63) is 0 Å². The number of nitrogens with one attached hydrogen (secondary N) is 2. The molecule has 2 nitrogen and oxygen atoms in total. The summed E-state index contributed by atoms with van der Waals surface area (Å²) < 4.78 is 0. The maximum atomic E-state index is 3.49. The molecule has 0 aromatic heterocycles. The minimum absolute atomic E-state index is 0.737. The molecule has 0 radical (unpaired) electrons. The molecule has 1 saturated carbocycles. The molecular weight excluding hydrogens is 172 g/mol. The third-order valence-electron chi connectivity index (χ3n) is 3.50. The molecule has 0 aromatic rings. The van der Waals surface area contributed by atoms with Crippen LogP contribution in [0.15, 0.2) is 0 Å². The van der Waals surface area contributed by atoms with Crippen molar-refractivity contribution >= 4 is 0 Å². The number of hydrogen-bond acceptors (Lipinski definition) is 2. The molecule has 0 bridgehead atoms. The molecule has 1 aliphatic carbocycles. The lowest BCUT2D eigenvalue weighted by Crippen LogP contribution is -2.38. The second-order valence-corrected chi connectivity index (χ2v) is 4.56. The standard InChI is InChI=1S/C12H26N2/c1-13-10-11-8-6-4-3-5-7-9-12(11)14-2/h11-14H,3-10H2,1-2H3. The van der Waals surface area contributed by atoms with Crippen molar-refractivity contribution in [3.63, 3.8) is 0 Å². The molecule has 0 aromatic carbocycles. The van der Waals surface area contributed by atoms with Gasteiger partial charge in [-0.2, -0.15) is 0 Å². The first kappa shape index (κ1) is 12.0. The van der Waals surface area contributed by atoms with Crippen molar-refractivity contribution in [3.8, 4) is 0 Å². The molecule has 1 rings (SSSR count). The fourth-order valence-electron chi connectivity index (χ4n) is 2.62. The fraction of sp³-hybridized carbons (Fsp3) is 1.00. The van der Waals surface area contributed by atoms with Crippen LogP contribution in [0.25, 0.3) is 0 Å². The van der Waals surface area contributed by atoms with Gasteiger partial charge in [-0.1, -0.05) is 32.1 Å². The number of hydrogen-bond donors (Lipinski definition) is 2. The van der Waals surface area contributed by atoms with E-state index in [1.54, 1.807) is 0 Å². The summed E-state index contributed by atoms with van der Waals surface area (Å²) in [5.74, 6) is 0.836. The maximum Gasteiger partial charge on any atom is 0.0104 e. The SMILES string of the molecule is CNCC1CCCCCCCC1NC. The molecule has 2 heteroatoms. The van der Waals surface area contributed by atoms with Gasteiger partial charge in [0.15, 0.2) is 0 Å². The zero-order valence-corrected chi connectivity index (χ0v) is 9.81. The third-order valence-corrected chi connectivity index (χ3v) is 3.50. The average molecular weight is 198 g/mol. The van der Waals surface area contributed by atoms with E-state index in [0.29, 0.717) is 0 Å². The summed E-state index contributed by atoms with van der Waals surface area (Å²) in [4.78, 5) is 0. The normalized spacial score (nSPS) is 30.4. The minimum atomic E-state index is 0.737. The van der Waals surface area contributed by atoms with E-state index in [1.807, 2.05) is 0 Å². The fourth-order valence-corrected chi connectivity index (χ4v) is 2.62. The molecule has 1 aliphatic rings. The highest BCUT2D eigenvalue weighted by atomic mass is 14.9. The summed E-state index contributed by atoms with van der Waals surface area (Å²) in [5.41, 5.74) is 0. The van der Waals surface area contributed by atoms with Crippen LogP contribution in [0.1, 0.15) is 44.9 Å². The summed E-state index contributed by atoms with van der Waals surface area (Å²) in [6.07, 6.45) is 9.91. The monoisotopic (exact) mass is 198 g/mol. The van der Waals surface area contributed by atoms with Crippen LogP contribution in [-0.2, 0) is 0 Å². The summed E-state index contributed by atoms with van der Waals surface area (Å²) in [7, 11) is 4.19. The lowest BCUT2D eigenvalue weighted by Gasteiger charge is -2.26. The van der Waals surface area contributed by atoms with Crippen LogP contribution >= 0.6 is 0 Å². The quantitative estimate of drug-likeness (QED) is 0.726. The van der Waals surface area contributed by atoms with Crippen molar-refractivity contribution in [2.24, 2.45) is 5.92 Å². The summed E-state index contributed by atoms with van der Waals surface area (Å²) in [6, 6.07) is 0.737. The van der Waals surface area contributed by atoms with E-state index in [9.17, 15) is 0 Å². The van der Waals surface area contributed by atoms with Crippen molar-refractivity contribution < 1.29 is 0 Å². The highest BCUT2D eigenvalue weighted by Crippen LogP contribution is 2.21. The lowest BCUT2D eigenvalue weighted by atomic mass is 9.91. The van der Waals surface area contributed by atoms with Gasteiger partial charge in [-0.05, 0) is 39.4 Å². The predicted molar refractivity (Wildman–Crippen MR) is 62.6 cm³/mol. The van der Waals surface area contributed by atoms with E-state index in [2.05, 4.69) is 24.7 Å². The first-order valence-corrected chi connectivity index (χ1v) is 6.20. The van der Waals surface area contributed by atoms with Crippen LogP contribution in [0.2, 0.25) is 0 Å². The Bertz CT molecular complexity index is 136. The van der Waals surface area contributed by atoms with Crippen LogP contribution in [0.5, 0.6) is 0 Å². The average Bonchev–Trinajstić information content (AvgIpc) is 2.30. The van der Waals surface area contributed by atoms with Crippen LogP contribution in [0, 0.1) is 5.92 Å². The van der Waals surface area contributed by atoms with E-state index in [0.717, 1.165) is 12.0 Å². The van der Waals surface area contributed by atoms with Gasteiger partial charge in [0.1, 0.15) is 0 Å². The molecule has 2 atom stereocenters. The van der Waals surface area contributed by atoms with E-state index >= 15 is 0 Å². The smallest absolute Gasteiger partial charge is 0.0104 e. The predicted octanol–water partition coefficient (Wildman–Crippen LogP) is 2.15. The highest BCUT2D eigenvalue weighted by Gasteiger charge is 2.19. The lowest BCUT2D eigenvalue weighted by molar-refractivity contribution is 0.321. The zero-order valence-electron chi connectivity index (χ0n) is 9.81. The minimum Gasteiger partial charge on any atom is -0.319 e. The van der Waals surface area contributed by atoms with Crippen molar-refractivity contribution in [2.75, 3.05) is 20.6 Å². The van der Waals surface area contributed by atoms with E-state index in [-0.39, 0.29) is 0 Å². The second kappa shape index (κ2) is 7.24. The van der Waals surface area contributed by atoms with Gasteiger partial charge in [-0.25, -0.2) is 0 Å². The Kier molecular flexibility index (Phi) is 6.20. The maximum absolute atomic E-state index is 3.49. The molecule has 84 valence electrons.